The molecule has 0 saturated carbocycles. The van der Waals surface area contributed by atoms with E-state index in [-0.39, 0.29) is 11.3 Å². The molecule has 0 aliphatic rings. The molecule has 2 rings (SSSR count). The van der Waals surface area contributed by atoms with E-state index >= 15 is 0 Å². The third-order valence-electron chi connectivity index (χ3n) is 4.30. The average Bonchev–Trinajstić information content (AvgIpc) is 2.57. The highest BCUT2D eigenvalue weighted by Crippen LogP contribution is 2.19. The van der Waals surface area contributed by atoms with E-state index in [1.807, 2.05) is 6.92 Å². The van der Waals surface area contributed by atoms with Crippen molar-refractivity contribution >= 4 is 22.8 Å². The molecule has 134 valence electrons. The SMILES string of the molecule is CCC(C)C(C(=O)NC(C)C(=O)O)n1c(=O)[nH]c2ccccc2c1=O. The van der Waals surface area contributed by atoms with Crippen LogP contribution in [0.25, 0.3) is 10.9 Å². The largest absolute Gasteiger partial charge is 0.480 e. The molecule has 0 fully saturated rings. The lowest BCUT2D eigenvalue weighted by Crippen LogP contribution is -2.49. The Morgan fingerprint density at radius 3 is 2.48 bits per heavy atom. The van der Waals surface area contributed by atoms with Crippen molar-refractivity contribution in [3.05, 3.63) is 45.1 Å². The lowest BCUT2D eigenvalue weighted by Gasteiger charge is -2.24. The van der Waals surface area contributed by atoms with E-state index in [0.29, 0.717) is 11.9 Å². The van der Waals surface area contributed by atoms with Crippen LogP contribution in [-0.4, -0.2) is 32.6 Å². The zero-order valence-corrected chi connectivity index (χ0v) is 14.3. The van der Waals surface area contributed by atoms with E-state index in [1.165, 1.54) is 6.92 Å². The second-order valence-electron chi connectivity index (χ2n) is 6.05. The summed E-state index contributed by atoms with van der Waals surface area (Å²) in [7, 11) is 0. The Labute approximate surface area is 143 Å². The van der Waals surface area contributed by atoms with Crippen molar-refractivity contribution in [2.24, 2.45) is 5.92 Å². The number of benzene rings is 1. The molecular formula is C17H21N3O5. The minimum Gasteiger partial charge on any atom is -0.480 e. The van der Waals surface area contributed by atoms with Crippen molar-refractivity contribution in [2.45, 2.75) is 39.3 Å². The van der Waals surface area contributed by atoms with Gasteiger partial charge in [0.2, 0.25) is 5.91 Å². The van der Waals surface area contributed by atoms with Gasteiger partial charge in [-0.25, -0.2) is 9.36 Å². The van der Waals surface area contributed by atoms with E-state index in [4.69, 9.17) is 5.11 Å². The van der Waals surface area contributed by atoms with Gasteiger partial charge < -0.3 is 15.4 Å². The number of carboxylic acid groups (broad SMARTS) is 1. The van der Waals surface area contributed by atoms with Crippen LogP contribution in [0.3, 0.4) is 0 Å². The molecule has 0 aliphatic heterocycles. The van der Waals surface area contributed by atoms with E-state index in [2.05, 4.69) is 10.3 Å². The highest BCUT2D eigenvalue weighted by Gasteiger charge is 2.31. The molecule has 1 heterocycles. The van der Waals surface area contributed by atoms with Crippen LogP contribution in [0.1, 0.15) is 33.2 Å². The number of aromatic nitrogens is 2. The minimum atomic E-state index is -1.20. The Morgan fingerprint density at radius 2 is 1.88 bits per heavy atom. The standard InChI is InChI=1S/C17H21N3O5/c1-4-9(2)13(14(21)18-10(3)16(23)24)20-15(22)11-7-5-6-8-12(11)19-17(20)25/h5-10,13H,4H2,1-3H3,(H,18,21)(H,19,25)(H,23,24). The fourth-order valence-corrected chi connectivity index (χ4v) is 2.64. The Morgan fingerprint density at radius 1 is 1.24 bits per heavy atom. The van der Waals surface area contributed by atoms with Crippen molar-refractivity contribution in [1.82, 2.24) is 14.9 Å². The Balaban J connectivity index is 2.61. The molecule has 8 heteroatoms. The number of carbonyl (C=O) groups excluding carboxylic acids is 1. The predicted molar refractivity (Wildman–Crippen MR) is 92.6 cm³/mol. The number of carboxylic acids is 1. The molecule has 3 atom stereocenters. The molecule has 2 aromatic rings. The first-order valence-corrected chi connectivity index (χ1v) is 8.04. The number of aromatic amines is 1. The Hall–Kier alpha value is -2.90. The number of hydrogen-bond donors (Lipinski definition) is 3. The summed E-state index contributed by atoms with van der Waals surface area (Å²) in [6, 6.07) is 4.29. The number of hydrogen-bond acceptors (Lipinski definition) is 4. The smallest absolute Gasteiger partial charge is 0.329 e. The van der Waals surface area contributed by atoms with Gasteiger partial charge in [0.15, 0.2) is 0 Å². The maximum atomic E-state index is 12.8. The molecule has 0 spiro atoms. The van der Waals surface area contributed by atoms with E-state index < -0.39 is 35.2 Å². The van der Waals surface area contributed by atoms with E-state index in [9.17, 15) is 19.2 Å². The number of rotatable bonds is 6. The molecular weight excluding hydrogens is 326 g/mol. The third-order valence-corrected chi connectivity index (χ3v) is 4.30. The van der Waals surface area contributed by atoms with Crippen LogP contribution in [-0.2, 0) is 9.59 Å². The second kappa shape index (κ2) is 7.33. The van der Waals surface area contributed by atoms with Gasteiger partial charge in [-0.05, 0) is 25.0 Å². The molecule has 1 aromatic carbocycles. The Bertz CT molecular complexity index is 914. The minimum absolute atomic E-state index is 0.287. The summed E-state index contributed by atoms with van der Waals surface area (Å²) in [4.78, 5) is 51.4. The number of aliphatic carboxylic acids is 1. The average molecular weight is 347 g/mol. The molecule has 3 N–H and O–H groups in total. The molecule has 0 aliphatic carbocycles. The van der Waals surface area contributed by atoms with E-state index in [1.54, 1.807) is 31.2 Å². The molecule has 0 bridgehead atoms. The van der Waals surface area contributed by atoms with Gasteiger partial charge in [-0.2, -0.15) is 0 Å². The van der Waals surface area contributed by atoms with Crippen LogP contribution >= 0.6 is 0 Å². The number of amides is 1. The zero-order chi connectivity index (χ0) is 18.7. The van der Waals surface area contributed by atoms with Gasteiger partial charge in [0.25, 0.3) is 5.56 Å². The number of H-pyrrole nitrogens is 1. The number of fused-ring (bicyclic) bond motifs is 1. The summed E-state index contributed by atoms with van der Waals surface area (Å²) in [6.07, 6.45) is 0.526. The van der Waals surface area contributed by atoms with Crippen LogP contribution in [0.5, 0.6) is 0 Å². The maximum Gasteiger partial charge on any atom is 0.329 e. The van der Waals surface area contributed by atoms with Crippen molar-refractivity contribution in [1.29, 1.82) is 0 Å². The lowest BCUT2D eigenvalue weighted by molar-refractivity contribution is -0.142. The fraction of sp³-hybridized carbons (Fsp3) is 0.412. The van der Waals surface area contributed by atoms with Crippen LogP contribution in [0, 0.1) is 5.92 Å². The number of nitrogens with one attached hydrogen (secondary N) is 2. The highest BCUT2D eigenvalue weighted by atomic mass is 16.4. The normalized spacial score (nSPS) is 14.7. The van der Waals surface area contributed by atoms with Gasteiger partial charge in [0.05, 0.1) is 10.9 Å². The zero-order valence-electron chi connectivity index (χ0n) is 14.3. The summed E-state index contributed by atoms with van der Waals surface area (Å²) >= 11 is 0. The molecule has 0 radical (unpaired) electrons. The van der Waals surface area contributed by atoms with Crippen molar-refractivity contribution in [3.8, 4) is 0 Å². The van der Waals surface area contributed by atoms with Gasteiger partial charge in [0, 0.05) is 0 Å². The number of carbonyl (C=O) groups is 2. The predicted octanol–water partition coefficient (Wildman–Crippen LogP) is 0.866. The number of para-hydroxylation sites is 1. The topological polar surface area (TPSA) is 121 Å². The number of nitrogens with zero attached hydrogens (tertiary/aromatic N) is 1. The summed E-state index contributed by atoms with van der Waals surface area (Å²) in [5.41, 5.74) is -0.897. The molecule has 8 nitrogen and oxygen atoms in total. The fourth-order valence-electron chi connectivity index (χ4n) is 2.64. The summed E-state index contributed by atoms with van der Waals surface area (Å²) in [6.45, 7) is 4.88. The third kappa shape index (κ3) is 3.62. The maximum absolute atomic E-state index is 12.8. The van der Waals surface area contributed by atoms with Crippen LogP contribution < -0.4 is 16.6 Å². The summed E-state index contributed by atoms with van der Waals surface area (Å²) < 4.78 is 0.875. The first kappa shape index (κ1) is 18.4. The molecule has 0 saturated heterocycles. The summed E-state index contributed by atoms with van der Waals surface area (Å²) in [5.74, 6) is -2.22. The molecule has 3 unspecified atom stereocenters. The van der Waals surface area contributed by atoms with Crippen LogP contribution in [0.4, 0.5) is 0 Å². The van der Waals surface area contributed by atoms with Gasteiger partial charge in [-0.3, -0.25) is 14.4 Å². The van der Waals surface area contributed by atoms with Crippen LogP contribution in [0.2, 0.25) is 0 Å². The quantitative estimate of drug-likeness (QED) is 0.716. The monoisotopic (exact) mass is 347 g/mol. The summed E-state index contributed by atoms with van der Waals surface area (Å²) in [5, 5.41) is 11.6. The van der Waals surface area contributed by atoms with Gasteiger partial charge in [-0.1, -0.05) is 32.4 Å². The van der Waals surface area contributed by atoms with Gasteiger partial charge >= 0.3 is 11.7 Å². The van der Waals surface area contributed by atoms with Gasteiger partial charge in [-0.15, -0.1) is 0 Å². The van der Waals surface area contributed by atoms with Crippen molar-refractivity contribution < 1.29 is 14.7 Å². The first-order chi connectivity index (χ1) is 11.8. The first-order valence-electron chi connectivity index (χ1n) is 8.04. The van der Waals surface area contributed by atoms with E-state index in [0.717, 1.165) is 4.57 Å². The highest BCUT2D eigenvalue weighted by molar-refractivity contribution is 5.86. The Kier molecular flexibility index (Phi) is 5.41. The molecule has 25 heavy (non-hydrogen) atoms. The molecule has 1 amide bonds. The lowest BCUT2D eigenvalue weighted by atomic mass is 9.97. The van der Waals surface area contributed by atoms with Crippen molar-refractivity contribution in [3.63, 3.8) is 0 Å². The molecule has 1 aromatic heterocycles. The van der Waals surface area contributed by atoms with Gasteiger partial charge in [0.1, 0.15) is 12.1 Å². The second-order valence-corrected chi connectivity index (χ2v) is 6.05. The van der Waals surface area contributed by atoms with Crippen molar-refractivity contribution in [2.75, 3.05) is 0 Å². The van der Waals surface area contributed by atoms with Crippen LogP contribution in [0.15, 0.2) is 33.9 Å².